The van der Waals surface area contributed by atoms with Crippen molar-refractivity contribution in [3.05, 3.63) is 0 Å². The van der Waals surface area contributed by atoms with Crippen molar-refractivity contribution in [2.24, 2.45) is 23.5 Å². The van der Waals surface area contributed by atoms with Gasteiger partial charge >= 0.3 is 0 Å². The first-order valence-corrected chi connectivity index (χ1v) is 5.39. The number of ether oxygens (including phenoxy) is 1. The van der Waals surface area contributed by atoms with Crippen molar-refractivity contribution in [2.75, 3.05) is 26.3 Å². The minimum absolute atomic E-state index is 0.203. The number of rotatable bonds is 1. The number of nitrogens with zero attached hydrogens (tertiary/aromatic N) is 1. The topological polar surface area (TPSA) is 55.6 Å². The minimum Gasteiger partial charge on any atom is -0.381 e. The van der Waals surface area contributed by atoms with Gasteiger partial charge < -0.3 is 15.4 Å². The normalized spacial score (nSPS) is 45.4. The third kappa shape index (κ3) is 1.17. The second-order valence-corrected chi connectivity index (χ2v) is 4.72. The Morgan fingerprint density at radius 3 is 2.64 bits per heavy atom. The summed E-state index contributed by atoms with van der Waals surface area (Å²) in [6.07, 6.45) is 0.963. The van der Waals surface area contributed by atoms with Crippen LogP contribution < -0.4 is 5.73 Å². The van der Waals surface area contributed by atoms with E-state index >= 15 is 0 Å². The van der Waals surface area contributed by atoms with Crippen LogP contribution in [-0.2, 0) is 9.53 Å². The van der Waals surface area contributed by atoms with Crippen molar-refractivity contribution >= 4 is 5.91 Å². The quantitative estimate of drug-likeness (QED) is 0.611. The zero-order valence-electron chi connectivity index (χ0n) is 8.19. The summed E-state index contributed by atoms with van der Waals surface area (Å²) >= 11 is 0. The molecule has 2 aliphatic heterocycles. The van der Waals surface area contributed by atoms with Crippen LogP contribution in [0.25, 0.3) is 0 Å². The Kier molecular flexibility index (Phi) is 1.82. The molecule has 2 saturated heterocycles. The molecule has 4 heteroatoms. The summed E-state index contributed by atoms with van der Waals surface area (Å²) in [5.41, 5.74) is 5.78. The third-order valence-electron chi connectivity index (χ3n) is 3.77. The number of nitrogens with two attached hydrogens (primary N) is 1. The van der Waals surface area contributed by atoms with Gasteiger partial charge in [0.1, 0.15) is 0 Å². The van der Waals surface area contributed by atoms with Crippen LogP contribution in [0, 0.1) is 17.8 Å². The van der Waals surface area contributed by atoms with Crippen molar-refractivity contribution in [2.45, 2.75) is 12.5 Å². The fourth-order valence-electron chi connectivity index (χ4n) is 2.80. The van der Waals surface area contributed by atoms with E-state index in [1.165, 1.54) is 0 Å². The molecular formula is C10H16N2O2. The number of likely N-dealkylation sites (tertiary alicyclic amines) is 1. The van der Waals surface area contributed by atoms with E-state index in [-0.39, 0.29) is 12.0 Å². The maximum absolute atomic E-state index is 12.0. The highest BCUT2D eigenvalue weighted by molar-refractivity contribution is 5.83. The molecule has 0 aromatic heterocycles. The Morgan fingerprint density at radius 2 is 2.07 bits per heavy atom. The molecule has 1 saturated carbocycles. The van der Waals surface area contributed by atoms with Gasteiger partial charge in [-0.3, -0.25) is 4.79 Å². The lowest BCUT2D eigenvalue weighted by Crippen LogP contribution is -2.34. The minimum atomic E-state index is 0.203. The van der Waals surface area contributed by atoms with Crippen molar-refractivity contribution in [3.8, 4) is 0 Å². The van der Waals surface area contributed by atoms with Gasteiger partial charge in [0.05, 0.1) is 13.2 Å². The summed E-state index contributed by atoms with van der Waals surface area (Å²) < 4.78 is 5.28. The zero-order valence-corrected chi connectivity index (χ0v) is 8.19. The molecule has 0 bridgehead atoms. The second kappa shape index (κ2) is 2.94. The Labute approximate surface area is 83.4 Å². The summed E-state index contributed by atoms with van der Waals surface area (Å²) in [7, 11) is 0. The van der Waals surface area contributed by atoms with E-state index in [4.69, 9.17) is 10.5 Å². The van der Waals surface area contributed by atoms with Gasteiger partial charge in [0, 0.05) is 25.0 Å². The van der Waals surface area contributed by atoms with Crippen LogP contribution in [0.15, 0.2) is 0 Å². The predicted molar refractivity (Wildman–Crippen MR) is 50.5 cm³/mol. The number of fused-ring (bicyclic) bond motifs is 1. The molecule has 2 heterocycles. The van der Waals surface area contributed by atoms with E-state index in [1.807, 2.05) is 4.90 Å². The van der Waals surface area contributed by atoms with Crippen LogP contribution in [0.2, 0.25) is 0 Å². The van der Waals surface area contributed by atoms with Crippen LogP contribution in [0.3, 0.4) is 0 Å². The number of hydrogen-bond donors (Lipinski definition) is 1. The molecule has 3 fully saturated rings. The standard InChI is InChI=1S/C10H16N2O2/c11-6-1-2-12(3-6)10(13)9-7-4-14-5-8(7)9/h6-9H,1-5,11H2/t6-,7?,8?,9?/m1/s1. The fraction of sp³-hybridized carbons (Fsp3) is 0.900. The molecule has 14 heavy (non-hydrogen) atoms. The molecule has 78 valence electrons. The average Bonchev–Trinajstić information content (AvgIpc) is 2.56. The molecule has 0 radical (unpaired) electrons. The lowest BCUT2D eigenvalue weighted by molar-refractivity contribution is -0.133. The highest BCUT2D eigenvalue weighted by Gasteiger charge is 2.59. The van der Waals surface area contributed by atoms with E-state index in [9.17, 15) is 4.79 Å². The van der Waals surface area contributed by atoms with Crippen LogP contribution in [0.1, 0.15) is 6.42 Å². The molecule has 4 nitrogen and oxygen atoms in total. The molecule has 1 amide bonds. The van der Waals surface area contributed by atoms with Gasteiger partial charge in [-0.15, -0.1) is 0 Å². The number of amides is 1. The lowest BCUT2D eigenvalue weighted by Gasteiger charge is -2.16. The molecule has 3 atom stereocenters. The maximum atomic E-state index is 12.0. The summed E-state index contributed by atoms with van der Waals surface area (Å²) in [6.45, 7) is 3.20. The van der Waals surface area contributed by atoms with Crippen LogP contribution in [0.5, 0.6) is 0 Å². The summed E-state index contributed by atoms with van der Waals surface area (Å²) in [6, 6.07) is 0.203. The van der Waals surface area contributed by atoms with E-state index in [0.29, 0.717) is 17.7 Å². The number of carbonyl (C=O) groups excluding carboxylic acids is 1. The Balaban J connectivity index is 1.61. The van der Waals surface area contributed by atoms with E-state index < -0.39 is 0 Å². The van der Waals surface area contributed by atoms with Gasteiger partial charge in [-0.2, -0.15) is 0 Å². The maximum Gasteiger partial charge on any atom is 0.226 e. The SMILES string of the molecule is N[C@@H]1CCN(C(=O)C2C3COCC32)C1. The van der Waals surface area contributed by atoms with E-state index in [1.54, 1.807) is 0 Å². The summed E-state index contributed by atoms with van der Waals surface area (Å²) in [5, 5.41) is 0. The Morgan fingerprint density at radius 1 is 1.36 bits per heavy atom. The third-order valence-corrected chi connectivity index (χ3v) is 3.77. The van der Waals surface area contributed by atoms with Crippen molar-refractivity contribution in [1.82, 2.24) is 4.90 Å². The first-order chi connectivity index (χ1) is 6.77. The van der Waals surface area contributed by atoms with Crippen molar-refractivity contribution < 1.29 is 9.53 Å². The number of hydrogen-bond acceptors (Lipinski definition) is 3. The highest BCUT2D eigenvalue weighted by atomic mass is 16.5. The van der Waals surface area contributed by atoms with Gasteiger partial charge in [-0.1, -0.05) is 0 Å². The molecule has 2 unspecified atom stereocenters. The first-order valence-electron chi connectivity index (χ1n) is 5.39. The molecule has 3 rings (SSSR count). The first kappa shape index (κ1) is 8.68. The molecule has 3 aliphatic rings. The lowest BCUT2D eigenvalue weighted by atomic mass is 10.2. The van der Waals surface area contributed by atoms with Gasteiger partial charge in [-0.25, -0.2) is 0 Å². The van der Waals surface area contributed by atoms with E-state index in [2.05, 4.69) is 0 Å². The summed E-state index contributed by atoms with van der Waals surface area (Å²) in [5.74, 6) is 1.66. The predicted octanol–water partition coefficient (Wildman–Crippen LogP) is -0.562. The van der Waals surface area contributed by atoms with Crippen molar-refractivity contribution in [1.29, 1.82) is 0 Å². The molecule has 2 N–H and O–H groups in total. The molecule has 1 aliphatic carbocycles. The Hall–Kier alpha value is -0.610. The average molecular weight is 196 g/mol. The van der Waals surface area contributed by atoms with E-state index in [0.717, 1.165) is 32.7 Å². The van der Waals surface area contributed by atoms with Crippen LogP contribution in [-0.4, -0.2) is 43.2 Å². The van der Waals surface area contributed by atoms with Gasteiger partial charge in [-0.05, 0) is 18.3 Å². The molecule has 0 spiro atoms. The van der Waals surface area contributed by atoms with Gasteiger partial charge in [0.15, 0.2) is 0 Å². The Bertz CT molecular complexity index is 255. The monoisotopic (exact) mass is 196 g/mol. The van der Waals surface area contributed by atoms with Gasteiger partial charge in [0.25, 0.3) is 0 Å². The van der Waals surface area contributed by atoms with Gasteiger partial charge in [0.2, 0.25) is 5.91 Å². The highest BCUT2D eigenvalue weighted by Crippen LogP contribution is 2.51. The second-order valence-electron chi connectivity index (χ2n) is 4.72. The molecule has 0 aromatic carbocycles. The molecule has 0 aromatic rings. The zero-order chi connectivity index (χ0) is 9.71. The molecular weight excluding hydrogens is 180 g/mol. The summed E-state index contributed by atoms with van der Waals surface area (Å²) in [4.78, 5) is 13.9. The fourth-order valence-corrected chi connectivity index (χ4v) is 2.80. The smallest absolute Gasteiger partial charge is 0.226 e. The van der Waals surface area contributed by atoms with Crippen molar-refractivity contribution in [3.63, 3.8) is 0 Å². The van der Waals surface area contributed by atoms with Crippen LogP contribution in [0.4, 0.5) is 0 Å². The number of carbonyl (C=O) groups is 1. The largest absolute Gasteiger partial charge is 0.381 e. The van der Waals surface area contributed by atoms with Crippen LogP contribution >= 0.6 is 0 Å².